The van der Waals surface area contributed by atoms with Gasteiger partial charge in [0.1, 0.15) is 17.8 Å². The Kier molecular flexibility index (Phi) is 7.03. The molecule has 3 atom stereocenters. The summed E-state index contributed by atoms with van der Waals surface area (Å²) in [5.41, 5.74) is 1.22. The maximum atomic E-state index is 13.7. The minimum atomic E-state index is -4.28. The van der Waals surface area contributed by atoms with E-state index in [0.29, 0.717) is 17.5 Å². The lowest BCUT2D eigenvalue weighted by Gasteiger charge is -2.29. The number of aromatic nitrogens is 3. The number of hydrogen-bond acceptors (Lipinski definition) is 8. The van der Waals surface area contributed by atoms with Crippen LogP contribution in [0.2, 0.25) is 0 Å². The maximum Gasteiger partial charge on any atom is 0.323 e. The lowest BCUT2D eigenvalue weighted by atomic mass is 10.0. The number of sulfonamides is 1. The zero-order valence-corrected chi connectivity index (χ0v) is 22.2. The van der Waals surface area contributed by atoms with Gasteiger partial charge in [-0.25, -0.2) is 13.4 Å². The molecule has 2 saturated heterocycles. The lowest BCUT2D eigenvalue weighted by molar-refractivity contribution is -0.646. The molecule has 1 aromatic carbocycles. The molecule has 2 fully saturated rings. The van der Waals surface area contributed by atoms with Crippen molar-refractivity contribution in [2.45, 2.75) is 49.8 Å². The highest BCUT2D eigenvalue weighted by Crippen LogP contribution is 2.34. The van der Waals surface area contributed by atoms with Crippen LogP contribution in [-0.2, 0) is 19.6 Å². The summed E-state index contributed by atoms with van der Waals surface area (Å²) in [6.45, 7) is 3.51. The molecular weight excluding hydrogens is 524 g/mol. The second-order valence-electron chi connectivity index (χ2n) is 10.1. The second kappa shape index (κ2) is 10.3. The first-order chi connectivity index (χ1) is 18.6. The Labute approximate surface area is 225 Å². The number of pyridine rings is 1. The van der Waals surface area contributed by atoms with Gasteiger partial charge in [0.15, 0.2) is 12.0 Å². The highest BCUT2D eigenvalue weighted by atomic mass is 32.2. The van der Waals surface area contributed by atoms with Crippen LogP contribution in [0.4, 0.5) is 0 Å². The van der Waals surface area contributed by atoms with Crippen molar-refractivity contribution in [1.29, 1.82) is 0 Å². The fourth-order valence-electron chi connectivity index (χ4n) is 5.27. The molecule has 13 heteroatoms. The number of ketones is 1. The monoisotopic (exact) mass is 552 g/mol. The summed E-state index contributed by atoms with van der Waals surface area (Å²) in [6.07, 6.45) is 2.95. The average Bonchev–Trinajstić information content (AvgIpc) is 3.49. The topological polar surface area (TPSA) is 157 Å². The van der Waals surface area contributed by atoms with E-state index < -0.39 is 57.3 Å². The van der Waals surface area contributed by atoms with Gasteiger partial charge < -0.3 is 15.4 Å². The lowest BCUT2D eigenvalue weighted by Crippen LogP contribution is -2.53. The summed E-state index contributed by atoms with van der Waals surface area (Å²) in [7, 11) is -4.28. The molecule has 0 radical (unpaired) electrons. The van der Waals surface area contributed by atoms with E-state index in [1.54, 1.807) is 18.2 Å². The Hall–Kier alpha value is -3.97. The Morgan fingerprint density at radius 3 is 2.59 bits per heavy atom. The predicted molar refractivity (Wildman–Crippen MR) is 138 cm³/mol. The van der Waals surface area contributed by atoms with Gasteiger partial charge in [-0.3, -0.25) is 19.4 Å². The number of rotatable bonds is 7. The SMILES string of the molecule is CC(C)CC(NC(=O)c1cnc2ccccc2n1)C(=O)N1CCC2C1C(=O)CN2S(=O)(=O)c1cccc[n+]1[O-]. The molecule has 39 heavy (non-hydrogen) atoms. The van der Waals surface area contributed by atoms with E-state index in [-0.39, 0.29) is 29.3 Å². The molecule has 5 rings (SSSR count). The van der Waals surface area contributed by atoms with Crippen molar-refractivity contribution >= 4 is 38.7 Å². The molecule has 4 heterocycles. The average molecular weight is 553 g/mol. The number of Topliss-reactive ketones (excluding diaryl/α,β-unsaturated/α-hetero) is 1. The number of carbonyl (C=O) groups is 3. The Morgan fingerprint density at radius 1 is 1.15 bits per heavy atom. The van der Waals surface area contributed by atoms with Crippen LogP contribution < -0.4 is 10.0 Å². The molecule has 2 amide bonds. The van der Waals surface area contributed by atoms with Crippen LogP contribution in [0, 0.1) is 11.1 Å². The van der Waals surface area contributed by atoms with Gasteiger partial charge in [0.05, 0.1) is 29.8 Å². The molecular formula is C26H28N6O6S. The first kappa shape index (κ1) is 26.6. The fraction of sp³-hybridized carbons (Fsp3) is 0.385. The minimum absolute atomic E-state index is 0.0297. The number of benzene rings is 1. The van der Waals surface area contributed by atoms with Crippen molar-refractivity contribution in [2.24, 2.45) is 5.92 Å². The summed E-state index contributed by atoms with van der Waals surface area (Å²) >= 11 is 0. The van der Waals surface area contributed by atoms with E-state index in [0.717, 1.165) is 10.5 Å². The molecule has 0 bridgehead atoms. The molecule has 0 aliphatic carbocycles. The Balaban J connectivity index is 1.37. The Morgan fingerprint density at radius 2 is 1.87 bits per heavy atom. The van der Waals surface area contributed by atoms with Crippen molar-refractivity contribution in [2.75, 3.05) is 13.1 Å². The molecule has 204 valence electrons. The van der Waals surface area contributed by atoms with E-state index in [1.165, 1.54) is 29.3 Å². The normalized spacial score (nSPS) is 20.4. The van der Waals surface area contributed by atoms with Crippen LogP contribution >= 0.6 is 0 Å². The quantitative estimate of drug-likeness (QED) is 0.331. The van der Waals surface area contributed by atoms with Crippen molar-refractivity contribution in [3.8, 4) is 0 Å². The van der Waals surface area contributed by atoms with Gasteiger partial charge in [-0.1, -0.05) is 26.0 Å². The van der Waals surface area contributed by atoms with Gasteiger partial charge in [-0.2, -0.15) is 9.04 Å². The number of amides is 2. The maximum absolute atomic E-state index is 13.7. The van der Waals surface area contributed by atoms with Crippen LogP contribution in [0.25, 0.3) is 11.0 Å². The predicted octanol–water partition coefficient (Wildman–Crippen LogP) is 0.651. The van der Waals surface area contributed by atoms with E-state index >= 15 is 0 Å². The van der Waals surface area contributed by atoms with Gasteiger partial charge in [-0.15, -0.1) is 0 Å². The smallest absolute Gasteiger partial charge is 0.323 e. The molecule has 0 saturated carbocycles. The third-order valence-corrected chi connectivity index (χ3v) is 8.88. The highest BCUT2D eigenvalue weighted by molar-refractivity contribution is 7.89. The van der Waals surface area contributed by atoms with Crippen LogP contribution in [0.1, 0.15) is 37.2 Å². The number of carbonyl (C=O) groups excluding carboxylic acids is 3. The zero-order valence-electron chi connectivity index (χ0n) is 21.4. The van der Waals surface area contributed by atoms with Crippen LogP contribution in [0.15, 0.2) is 59.9 Å². The first-order valence-electron chi connectivity index (χ1n) is 12.6. The van der Waals surface area contributed by atoms with Crippen molar-refractivity contribution in [3.05, 3.63) is 65.8 Å². The van der Waals surface area contributed by atoms with Gasteiger partial charge in [0.2, 0.25) is 5.91 Å². The molecule has 2 aliphatic rings. The second-order valence-corrected chi connectivity index (χ2v) is 12.0. The van der Waals surface area contributed by atoms with Gasteiger partial charge >= 0.3 is 15.0 Å². The van der Waals surface area contributed by atoms with Crippen LogP contribution in [0.3, 0.4) is 0 Å². The van der Waals surface area contributed by atoms with Crippen molar-refractivity contribution < 1.29 is 27.5 Å². The minimum Gasteiger partial charge on any atom is -0.618 e. The molecule has 3 unspecified atom stereocenters. The number of hydrogen-bond donors (Lipinski definition) is 1. The number of para-hydroxylation sites is 2. The number of likely N-dealkylation sites (tertiary alicyclic amines) is 1. The molecule has 2 aliphatic heterocycles. The van der Waals surface area contributed by atoms with Gasteiger partial charge in [0, 0.05) is 18.7 Å². The summed E-state index contributed by atoms with van der Waals surface area (Å²) < 4.78 is 27.8. The molecule has 0 spiro atoms. The molecule has 3 aromatic rings. The third-order valence-electron chi connectivity index (χ3n) is 7.01. The van der Waals surface area contributed by atoms with Gasteiger partial charge in [0.25, 0.3) is 5.91 Å². The molecule has 12 nitrogen and oxygen atoms in total. The third kappa shape index (κ3) is 4.94. The van der Waals surface area contributed by atoms with Crippen LogP contribution in [-0.4, -0.2) is 76.4 Å². The summed E-state index contributed by atoms with van der Waals surface area (Å²) in [5.74, 6) is -1.45. The largest absolute Gasteiger partial charge is 0.618 e. The molecule has 2 aromatic heterocycles. The molecule has 1 N–H and O–H groups in total. The number of fused-ring (bicyclic) bond motifs is 2. The zero-order chi connectivity index (χ0) is 27.9. The number of nitrogens with zero attached hydrogens (tertiary/aromatic N) is 5. The van der Waals surface area contributed by atoms with Crippen molar-refractivity contribution in [1.82, 2.24) is 24.5 Å². The van der Waals surface area contributed by atoms with E-state index in [9.17, 15) is 28.0 Å². The fourth-order valence-corrected chi connectivity index (χ4v) is 6.92. The van der Waals surface area contributed by atoms with E-state index in [4.69, 9.17) is 0 Å². The van der Waals surface area contributed by atoms with Crippen LogP contribution in [0.5, 0.6) is 0 Å². The highest BCUT2D eigenvalue weighted by Gasteiger charge is 2.55. The van der Waals surface area contributed by atoms with Gasteiger partial charge in [-0.05, 0) is 37.0 Å². The summed E-state index contributed by atoms with van der Waals surface area (Å²) in [5, 5.41) is 14.4. The van der Waals surface area contributed by atoms with Crippen molar-refractivity contribution in [3.63, 3.8) is 0 Å². The van der Waals surface area contributed by atoms with E-state index in [1.807, 2.05) is 19.9 Å². The summed E-state index contributed by atoms with van der Waals surface area (Å²) in [4.78, 5) is 49.9. The first-order valence-corrected chi connectivity index (χ1v) is 14.1. The Bertz CT molecular complexity index is 1560. The van der Waals surface area contributed by atoms with E-state index in [2.05, 4.69) is 15.3 Å². The summed E-state index contributed by atoms with van der Waals surface area (Å²) in [6, 6.07) is 8.37. The standard InChI is InChI=1S/C26H28N6O6S/c1-16(2)13-19(29-25(34)20-14-27-17-7-3-4-8-18(17)28-20)26(35)30-12-10-21-24(30)22(33)15-32(21)39(37,38)23-9-5-6-11-31(23)36/h3-9,11,14,16,19,21,24H,10,12-13,15H2,1-2H3,(H,29,34). The number of nitrogens with one attached hydrogen (secondary N) is 1.